The first kappa shape index (κ1) is 19.0. The molecule has 1 heterocycles. The Bertz CT molecular complexity index is 462. The maximum atomic E-state index is 9.35. The lowest BCUT2D eigenvalue weighted by Crippen LogP contribution is -2.30. The third kappa shape index (κ3) is 6.22. The summed E-state index contributed by atoms with van der Waals surface area (Å²) in [5.41, 5.74) is 0.963. The van der Waals surface area contributed by atoms with E-state index in [9.17, 15) is 5.11 Å². The summed E-state index contributed by atoms with van der Waals surface area (Å²) < 4.78 is 8.58. The Morgan fingerprint density at radius 1 is 1.30 bits per heavy atom. The van der Waals surface area contributed by atoms with Crippen LogP contribution < -0.4 is 4.74 Å². The Labute approximate surface area is 149 Å². The molecule has 1 aliphatic rings. The molecule has 1 aliphatic heterocycles. The molecule has 23 heavy (non-hydrogen) atoms. The van der Waals surface area contributed by atoms with Crippen molar-refractivity contribution in [2.75, 3.05) is 31.7 Å². The van der Waals surface area contributed by atoms with Crippen LogP contribution in [0.5, 0.6) is 5.75 Å². The van der Waals surface area contributed by atoms with Crippen molar-refractivity contribution in [3.8, 4) is 5.75 Å². The van der Waals surface area contributed by atoms with Crippen LogP contribution in [0.25, 0.3) is 0 Å². The molecule has 1 N–H and O–H groups in total. The van der Waals surface area contributed by atoms with Gasteiger partial charge in [0.05, 0.1) is 13.2 Å². The van der Waals surface area contributed by atoms with Crippen molar-refractivity contribution in [2.24, 2.45) is 5.92 Å². The molecule has 2 rings (SSSR count). The van der Waals surface area contributed by atoms with E-state index in [0.29, 0.717) is 5.92 Å². The first-order valence-corrected chi connectivity index (χ1v) is 10.7. The van der Waals surface area contributed by atoms with E-state index in [1.54, 1.807) is 0 Å². The molecule has 3 nitrogen and oxygen atoms in total. The number of ether oxygens (including phenoxy) is 1. The molecule has 0 unspecified atom stereocenters. The topological polar surface area (TPSA) is 32.7 Å². The molecule has 0 atom stereocenters. The predicted molar refractivity (Wildman–Crippen MR) is 101 cm³/mol. The van der Waals surface area contributed by atoms with Gasteiger partial charge in [-0.1, -0.05) is 31.4 Å². The highest BCUT2D eigenvalue weighted by Crippen LogP contribution is 2.32. The number of hydrogen-bond donors (Lipinski definition) is 1. The quantitative estimate of drug-likeness (QED) is 0.402. The summed E-state index contributed by atoms with van der Waals surface area (Å²) in [6.45, 7) is 5.44. The third-order valence-electron chi connectivity index (χ3n) is 4.25. The first-order valence-electron chi connectivity index (χ1n) is 8.55. The molecule has 0 aromatic heterocycles. The van der Waals surface area contributed by atoms with Gasteiger partial charge in [-0.05, 0) is 54.9 Å². The van der Waals surface area contributed by atoms with Gasteiger partial charge in [-0.25, -0.2) is 0 Å². The van der Waals surface area contributed by atoms with Crippen molar-refractivity contribution in [3.05, 3.63) is 23.8 Å². The number of aliphatic hydroxyl groups is 1. The summed E-state index contributed by atoms with van der Waals surface area (Å²) in [6, 6.07) is 6.07. The van der Waals surface area contributed by atoms with Crippen LogP contribution in [-0.2, 0) is 6.61 Å². The molecule has 1 aromatic rings. The van der Waals surface area contributed by atoms with Crippen LogP contribution in [0.2, 0.25) is 0 Å². The van der Waals surface area contributed by atoms with E-state index in [2.05, 4.69) is 23.6 Å². The average Bonchev–Trinajstić information content (AvgIpc) is 2.61. The van der Waals surface area contributed by atoms with Gasteiger partial charge < -0.3 is 9.84 Å². The highest BCUT2D eigenvalue weighted by Gasteiger charge is 2.19. The fourth-order valence-corrected chi connectivity index (χ4v) is 4.41. The lowest BCUT2D eigenvalue weighted by molar-refractivity contribution is 0.188. The van der Waals surface area contributed by atoms with Crippen LogP contribution in [0.4, 0.5) is 0 Å². The van der Waals surface area contributed by atoms with Gasteiger partial charge in [0.25, 0.3) is 0 Å². The zero-order valence-corrected chi connectivity index (χ0v) is 15.9. The molecule has 130 valence electrons. The molecule has 1 aromatic carbocycles. The summed E-state index contributed by atoms with van der Waals surface area (Å²) in [6.07, 6.45) is 7.00. The van der Waals surface area contributed by atoms with E-state index in [0.717, 1.165) is 36.8 Å². The number of hydrogen-bond acceptors (Lipinski definition) is 5. The molecule has 0 bridgehead atoms. The summed E-state index contributed by atoms with van der Waals surface area (Å²) in [5.74, 6) is 2.74. The van der Waals surface area contributed by atoms with Crippen LogP contribution in [-0.4, -0.2) is 41.1 Å². The van der Waals surface area contributed by atoms with E-state index in [4.69, 9.17) is 4.74 Å². The SMILES string of the molecule is CCCCSc1cc(CO)ccc1OCC1CCN(SC)CC1. The number of rotatable bonds is 9. The fraction of sp³-hybridized carbons (Fsp3) is 0.667. The van der Waals surface area contributed by atoms with Crippen molar-refractivity contribution < 1.29 is 9.84 Å². The molecule has 1 fully saturated rings. The number of aliphatic hydroxyl groups excluding tert-OH is 1. The summed E-state index contributed by atoms with van der Waals surface area (Å²) >= 11 is 3.69. The van der Waals surface area contributed by atoms with Crippen molar-refractivity contribution in [3.63, 3.8) is 0 Å². The predicted octanol–water partition coefficient (Wildman–Crippen LogP) is 4.44. The van der Waals surface area contributed by atoms with E-state index in [1.165, 1.54) is 30.6 Å². The van der Waals surface area contributed by atoms with Gasteiger partial charge in [0.2, 0.25) is 0 Å². The van der Waals surface area contributed by atoms with Crippen molar-refractivity contribution in [1.82, 2.24) is 4.31 Å². The van der Waals surface area contributed by atoms with Gasteiger partial charge in [0.15, 0.2) is 0 Å². The van der Waals surface area contributed by atoms with Crippen LogP contribution in [0, 0.1) is 5.92 Å². The minimum atomic E-state index is 0.0920. The second kappa shape index (κ2) is 10.5. The Morgan fingerprint density at radius 3 is 2.74 bits per heavy atom. The Morgan fingerprint density at radius 2 is 2.09 bits per heavy atom. The molecule has 0 amide bonds. The third-order valence-corrected chi connectivity index (χ3v) is 6.26. The number of unbranched alkanes of at least 4 members (excludes halogenated alkanes) is 1. The molecule has 0 radical (unpaired) electrons. The van der Waals surface area contributed by atoms with Crippen LogP contribution in [0.3, 0.4) is 0 Å². The van der Waals surface area contributed by atoms with E-state index in [-0.39, 0.29) is 6.61 Å². The highest BCUT2D eigenvalue weighted by atomic mass is 32.2. The molecule has 5 heteroatoms. The molecular weight excluding hydrogens is 326 g/mol. The number of nitrogens with zero attached hydrogens (tertiary/aromatic N) is 1. The zero-order chi connectivity index (χ0) is 16.5. The molecule has 1 saturated heterocycles. The molecule has 0 aliphatic carbocycles. The van der Waals surface area contributed by atoms with Gasteiger partial charge in [-0.2, -0.15) is 0 Å². The lowest BCUT2D eigenvalue weighted by Gasteiger charge is -2.30. The van der Waals surface area contributed by atoms with Gasteiger partial charge in [-0.15, -0.1) is 11.8 Å². The maximum absolute atomic E-state index is 9.35. The largest absolute Gasteiger partial charge is 0.492 e. The number of thioether (sulfide) groups is 1. The normalized spacial score (nSPS) is 16.7. The van der Waals surface area contributed by atoms with Crippen molar-refractivity contribution >= 4 is 23.7 Å². The Kier molecular flexibility index (Phi) is 8.66. The zero-order valence-electron chi connectivity index (χ0n) is 14.3. The van der Waals surface area contributed by atoms with Crippen LogP contribution in [0.1, 0.15) is 38.2 Å². The number of benzene rings is 1. The minimum absolute atomic E-state index is 0.0920. The van der Waals surface area contributed by atoms with Gasteiger partial charge in [-0.3, -0.25) is 4.31 Å². The van der Waals surface area contributed by atoms with Gasteiger partial charge in [0.1, 0.15) is 5.75 Å². The molecule has 0 spiro atoms. The average molecular weight is 356 g/mol. The standard InChI is InChI=1S/C18H29NO2S2/c1-3-4-11-23-18-12-16(13-20)5-6-17(18)21-14-15-7-9-19(22-2)10-8-15/h5-6,12,15,20H,3-4,7-11,13-14H2,1-2H3. The Balaban J connectivity index is 1.90. The van der Waals surface area contributed by atoms with E-state index in [1.807, 2.05) is 35.8 Å². The summed E-state index contributed by atoms with van der Waals surface area (Å²) in [5, 5.41) is 9.35. The second-order valence-corrected chi connectivity index (χ2v) is 8.03. The van der Waals surface area contributed by atoms with E-state index < -0.39 is 0 Å². The van der Waals surface area contributed by atoms with Crippen LogP contribution in [0.15, 0.2) is 23.1 Å². The van der Waals surface area contributed by atoms with Gasteiger partial charge >= 0.3 is 0 Å². The highest BCUT2D eigenvalue weighted by molar-refractivity contribution is 7.99. The van der Waals surface area contributed by atoms with Crippen molar-refractivity contribution in [2.45, 2.75) is 44.1 Å². The number of piperidine rings is 1. The van der Waals surface area contributed by atoms with Gasteiger partial charge in [0, 0.05) is 18.0 Å². The van der Waals surface area contributed by atoms with Crippen molar-refractivity contribution in [1.29, 1.82) is 0 Å². The second-order valence-electron chi connectivity index (χ2n) is 6.01. The maximum Gasteiger partial charge on any atom is 0.132 e. The van der Waals surface area contributed by atoms with E-state index >= 15 is 0 Å². The first-order chi connectivity index (χ1) is 11.3. The fourth-order valence-electron chi connectivity index (χ4n) is 2.68. The minimum Gasteiger partial charge on any atom is -0.492 e. The summed E-state index contributed by atoms with van der Waals surface area (Å²) in [7, 11) is 0. The monoisotopic (exact) mass is 355 g/mol. The Hall–Kier alpha value is -0.360. The molecular formula is C18H29NO2S2. The van der Waals surface area contributed by atoms with Crippen LogP contribution >= 0.6 is 23.7 Å². The smallest absolute Gasteiger partial charge is 0.132 e. The molecule has 0 saturated carbocycles. The lowest BCUT2D eigenvalue weighted by atomic mass is 9.99. The summed E-state index contributed by atoms with van der Waals surface area (Å²) in [4.78, 5) is 1.17.